The molecule has 5 heteroatoms. The molecule has 1 aliphatic rings. The Bertz CT molecular complexity index is 271. The monoisotopic (exact) mass is 234 g/mol. The van der Waals surface area contributed by atoms with E-state index in [9.17, 15) is 8.42 Å². The molecule has 0 saturated heterocycles. The smallest absolute Gasteiger partial charge is 0.214 e. The quantitative estimate of drug-likeness (QED) is 0.765. The average Bonchev–Trinajstić information content (AvgIpc) is 2.19. The Hall–Kier alpha value is -0.130. The summed E-state index contributed by atoms with van der Waals surface area (Å²) in [5.41, 5.74) is 5.35. The van der Waals surface area contributed by atoms with Crippen LogP contribution in [0.1, 0.15) is 32.1 Å². The van der Waals surface area contributed by atoms with E-state index in [1.165, 1.54) is 23.6 Å². The van der Waals surface area contributed by atoms with E-state index >= 15 is 0 Å². The Balaban J connectivity index is 2.47. The summed E-state index contributed by atoms with van der Waals surface area (Å²) >= 11 is 0. The minimum absolute atomic E-state index is 0.309. The van der Waals surface area contributed by atoms with E-state index in [0.717, 1.165) is 12.8 Å². The highest BCUT2D eigenvalue weighted by Gasteiger charge is 2.24. The number of hydrogen-bond donors (Lipinski definition) is 1. The van der Waals surface area contributed by atoms with Crippen molar-refractivity contribution in [3.63, 3.8) is 0 Å². The number of nitrogens with zero attached hydrogens (tertiary/aromatic N) is 1. The van der Waals surface area contributed by atoms with Crippen LogP contribution >= 0.6 is 0 Å². The van der Waals surface area contributed by atoms with Gasteiger partial charge in [-0.3, -0.25) is 0 Å². The predicted octanol–water partition coefficient (Wildman–Crippen LogP) is 0.787. The second-order valence-electron chi connectivity index (χ2n) is 4.39. The second-order valence-corrected chi connectivity index (χ2v) is 6.51. The van der Waals surface area contributed by atoms with Crippen molar-refractivity contribution < 1.29 is 8.42 Å². The highest BCUT2D eigenvalue weighted by Crippen LogP contribution is 2.25. The lowest BCUT2D eigenvalue weighted by atomic mass is 9.91. The molecule has 0 aromatic rings. The van der Waals surface area contributed by atoms with Crippen LogP contribution in [0, 0.1) is 5.92 Å². The van der Waals surface area contributed by atoms with Gasteiger partial charge in [-0.05, 0) is 18.8 Å². The van der Waals surface area contributed by atoms with Crippen molar-refractivity contribution in [1.82, 2.24) is 4.31 Å². The fraction of sp³-hybridized carbons (Fsp3) is 1.00. The van der Waals surface area contributed by atoms with Gasteiger partial charge in [0.25, 0.3) is 0 Å². The van der Waals surface area contributed by atoms with Crippen LogP contribution in [-0.4, -0.2) is 38.6 Å². The first kappa shape index (κ1) is 12.9. The molecule has 0 heterocycles. The predicted molar refractivity (Wildman–Crippen MR) is 62.0 cm³/mol. The summed E-state index contributed by atoms with van der Waals surface area (Å²) in [5.74, 6) is 0.674. The van der Waals surface area contributed by atoms with Gasteiger partial charge in [0.05, 0.1) is 5.75 Å². The Morgan fingerprint density at radius 1 is 1.27 bits per heavy atom. The molecular formula is C10H22N2O2S. The van der Waals surface area contributed by atoms with Crippen molar-refractivity contribution >= 4 is 10.0 Å². The maximum atomic E-state index is 11.9. The molecule has 15 heavy (non-hydrogen) atoms. The maximum absolute atomic E-state index is 11.9. The van der Waals surface area contributed by atoms with Gasteiger partial charge in [-0.25, -0.2) is 12.7 Å². The van der Waals surface area contributed by atoms with Crippen LogP contribution in [0.2, 0.25) is 0 Å². The highest BCUT2D eigenvalue weighted by molar-refractivity contribution is 7.89. The van der Waals surface area contributed by atoms with Crippen molar-refractivity contribution in [2.45, 2.75) is 32.1 Å². The fourth-order valence-electron chi connectivity index (χ4n) is 2.10. The highest BCUT2D eigenvalue weighted by atomic mass is 32.2. The molecule has 1 saturated carbocycles. The molecule has 0 aromatic carbocycles. The van der Waals surface area contributed by atoms with Crippen molar-refractivity contribution in [1.29, 1.82) is 0 Å². The minimum Gasteiger partial charge on any atom is -0.329 e. The van der Waals surface area contributed by atoms with Crippen LogP contribution < -0.4 is 5.73 Å². The first-order chi connectivity index (χ1) is 7.06. The summed E-state index contributed by atoms with van der Waals surface area (Å²) in [7, 11) is -1.45. The summed E-state index contributed by atoms with van der Waals surface area (Å²) in [6.45, 7) is 0.815. The Morgan fingerprint density at radius 3 is 2.40 bits per heavy atom. The molecule has 0 aliphatic heterocycles. The van der Waals surface area contributed by atoms with E-state index in [4.69, 9.17) is 5.73 Å². The molecule has 4 nitrogen and oxygen atoms in total. The summed E-state index contributed by atoms with van der Waals surface area (Å²) in [6, 6.07) is 0. The van der Waals surface area contributed by atoms with Gasteiger partial charge in [0.2, 0.25) is 10.0 Å². The zero-order chi connectivity index (χ0) is 11.3. The third kappa shape index (κ3) is 4.09. The normalized spacial score (nSPS) is 19.7. The largest absolute Gasteiger partial charge is 0.329 e. The number of sulfonamides is 1. The summed E-state index contributed by atoms with van der Waals surface area (Å²) in [4.78, 5) is 0. The number of hydrogen-bond acceptors (Lipinski definition) is 3. The molecule has 0 amide bonds. The molecule has 1 fully saturated rings. The number of nitrogens with two attached hydrogens (primary N) is 1. The zero-order valence-corrected chi connectivity index (χ0v) is 10.3. The van der Waals surface area contributed by atoms with Gasteiger partial charge in [0.1, 0.15) is 0 Å². The molecule has 0 unspecified atom stereocenters. The van der Waals surface area contributed by atoms with E-state index < -0.39 is 10.0 Å². The van der Waals surface area contributed by atoms with E-state index in [1.54, 1.807) is 7.05 Å². The van der Waals surface area contributed by atoms with Gasteiger partial charge in [0, 0.05) is 20.1 Å². The molecule has 1 rings (SSSR count). The Labute approximate surface area is 92.9 Å². The van der Waals surface area contributed by atoms with Gasteiger partial charge >= 0.3 is 0 Å². The second kappa shape index (κ2) is 5.82. The Kier molecular flexibility index (Phi) is 5.02. The molecule has 90 valence electrons. The molecule has 2 N–H and O–H groups in total. The first-order valence-electron chi connectivity index (χ1n) is 5.70. The molecule has 1 aliphatic carbocycles. The first-order valence-corrected chi connectivity index (χ1v) is 7.31. The van der Waals surface area contributed by atoms with Crippen LogP contribution in [0.15, 0.2) is 0 Å². The lowest BCUT2D eigenvalue weighted by Gasteiger charge is -2.24. The lowest BCUT2D eigenvalue weighted by Crippen LogP contribution is -2.35. The molecular weight excluding hydrogens is 212 g/mol. The lowest BCUT2D eigenvalue weighted by molar-refractivity contribution is 0.376. The average molecular weight is 234 g/mol. The summed E-state index contributed by atoms with van der Waals surface area (Å²) < 4.78 is 25.1. The molecule has 0 radical (unpaired) electrons. The van der Waals surface area contributed by atoms with E-state index in [0.29, 0.717) is 24.8 Å². The number of likely N-dealkylation sites (N-methyl/N-ethyl adjacent to an activating group) is 1. The van der Waals surface area contributed by atoms with Crippen molar-refractivity contribution in [2.75, 3.05) is 25.9 Å². The topological polar surface area (TPSA) is 63.4 Å². The van der Waals surface area contributed by atoms with Crippen LogP contribution in [-0.2, 0) is 10.0 Å². The van der Waals surface area contributed by atoms with Gasteiger partial charge in [-0.2, -0.15) is 0 Å². The number of rotatable bonds is 5. The zero-order valence-electron chi connectivity index (χ0n) is 9.48. The van der Waals surface area contributed by atoms with Gasteiger partial charge in [-0.15, -0.1) is 0 Å². The van der Waals surface area contributed by atoms with Gasteiger partial charge in [0.15, 0.2) is 0 Å². The van der Waals surface area contributed by atoms with Crippen molar-refractivity contribution in [3.8, 4) is 0 Å². The van der Waals surface area contributed by atoms with E-state index in [1.807, 2.05) is 0 Å². The van der Waals surface area contributed by atoms with Crippen LogP contribution in [0.25, 0.3) is 0 Å². The van der Waals surface area contributed by atoms with Crippen LogP contribution in [0.3, 0.4) is 0 Å². The maximum Gasteiger partial charge on any atom is 0.214 e. The van der Waals surface area contributed by atoms with Crippen LogP contribution in [0.4, 0.5) is 0 Å². The van der Waals surface area contributed by atoms with E-state index in [2.05, 4.69) is 0 Å². The third-order valence-electron chi connectivity index (χ3n) is 3.09. The van der Waals surface area contributed by atoms with Crippen LogP contribution in [0.5, 0.6) is 0 Å². The van der Waals surface area contributed by atoms with Gasteiger partial charge in [-0.1, -0.05) is 19.3 Å². The van der Waals surface area contributed by atoms with Crippen molar-refractivity contribution in [2.24, 2.45) is 11.7 Å². The summed E-state index contributed by atoms with van der Waals surface area (Å²) in [5, 5.41) is 0. The van der Waals surface area contributed by atoms with Gasteiger partial charge < -0.3 is 5.73 Å². The van der Waals surface area contributed by atoms with Crippen molar-refractivity contribution in [3.05, 3.63) is 0 Å². The summed E-state index contributed by atoms with van der Waals surface area (Å²) in [6.07, 6.45) is 5.75. The third-order valence-corrected chi connectivity index (χ3v) is 5.11. The molecule has 0 aromatic heterocycles. The fourth-order valence-corrected chi connectivity index (χ4v) is 3.67. The standard InChI is InChI=1S/C10H22N2O2S/c1-12(8-7-11)15(13,14)9-10-5-3-2-4-6-10/h10H,2-9,11H2,1H3. The molecule has 0 spiro atoms. The Morgan fingerprint density at radius 2 is 1.87 bits per heavy atom. The minimum atomic E-state index is -3.07. The SMILES string of the molecule is CN(CCN)S(=O)(=O)CC1CCCCC1. The molecule has 0 atom stereocenters. The molecule has 0 bridgehead atoms. The van der Waals surface area contributed by atoms with E-state index in [-0.39, 0.29) is 0 Å².